The summed E-state index contributed by atoms with van der Waals surface area (Å²) in [6.45, 7) is 2.57. The van der Waals surface area contributed by atoms with Crippen LogP contribution in [0.25, 0.3) is 0 Å². The Kier molecular flexibility index (Phi) is 6.64. The summed E-state index contributed by atoms with van der Waals surface area (Å²) < 4.78 is 5.14. The van der Waals surface area contributed by atoms with E-state index in [0.29, 0.717) is 19.6 Å². The minimum atomic E-state index is -1.40. The third-order valence-electron chi connectivity index (χ3n) is 3.66. The zero-order valence-corrected chi connectivity index (χ0v) is 11.9. The molecule has 1 aliphatic rings. The molecule has 1 fully saturated rings. The molecule has 0 bridgehead atoms. The molecule has 0 atom stereocenters. The average molecular weight is 285 g/mol. The van der Waals surface area contributed by atoms with Crippen molar-refractivity contribution in [2.45, 2.75) is 57.4 Å². The van der Waals surface area contributed by atoms with Crippen molar-refractivity contribution in [1.82, 2.24) is 5.32 Å². The number of hydrogen-bond acceptors (Lipinski definition) is 5. The van der Waals surface area contributed by atoms with Crippen molar-refractivity contribution in [3.63, 3.8) is 0 Å². The molecular formula is C14H23NO5. The van der Waals surface area contributed by atoms with Crippen molar-refractivity contribution < 1.29 is 24.2 Å². The molecule has 0 aromatic heterocycles. The van der Waals surface area contributed by atoms with Gasteiger partial charge in [0.1, 0.15) is 5.54 Å². The molecule has 0 aromatic carbocycles. The van der Waals surface area contributed by atoms with Crippen molar-refractivity contribution in [2.24, 2.45) is 0 Å². The van der Waals surface area contributed by atoms with Crippen molar-refractivity contribution in [1.29, 1.82) is 0 Å². The number of ketones is 1. The van der Waals surface area contributed by atoms with Crippen LogP contribution in [0.4, 0.5) is 0 Å². The smallest absolute Gasteiger partial charge is 0.372 e. The van der Waals surface area contributed by atoms with E-state index >= 15 is 0 Å². The molecule has 0 heterocycles. The summed E-state index contributed by atoms with van der Waals surface area (Å²) >= 11 is 0. The maximum absolute atomic E-state index is 12.1. The van der Waals surface area contributed by atoms with Gasteiger partial charge < -0.3 is 15.2 Å². The molecule has 1 rings (SSSR count). The minimum Gasteiger partial charge on any atom is -0.476 e. The van der Waals surface area contributed by atoms with E-state index in [-0.39, 0.29) is 12.4 Å². The third kappa shape index (κ3) is 4.59. The number of aliphatic carboxylic acids is 1. The quantitative estimate of drug-likeness (QED) is 0.396. The summed E-state index contributed by atoms with van der Waals surface area (Å²) in [7, 11) is 0. The lowest BCUT2D eigenvalue weighted by molar-refractivity contribution is -0.153. The molecule has 0 amide bonds. The molecule has 20 heavy (non-hydrogen) atoms. The van der Waals surface area contributed by atoms with Crippen LogP contribution in [0.3, 0.4) is 0 Å². The van der Waals surface area contributed by atoms with E-state index in [2.05, 4.69) is 5.32 Å². The van der Waals surface area contributed by atoms with Gasteiger partial charge in [-0.05, 0) is 32.7 Å². The number of esters is 1. The molecule has 0 radical (unpaired) electrons. The van der Waals surface area contributed by atoms with E-state index in [9.17, 15) is 14.4 Å². The van der Waals surface area contributed by atoms with Gasteiger partial charge in [-0.15, -0.1) is 0 Å². The summed E-state index contributed by atoms with van der Waals surface area (Å²) in [4.78, 5) is 33.5. The first-order chi connectivity index (χ1) is 9.52. The van der Waals surface area contributed by atoms with Crippen molar-refractivity contribution in [3.05, 3.63) is 0 Å². The normalized spacial score (nSPS) is 17.4. The van der Waals surface area contributed by atoms with Gasteiger partial charge in [-0.2, -0.15) is 0 Å². The predicted molar refractivity (Wildman–Crippen MR) is 72.3 cm³/mol. The topological polar surface area (TPSA) is 92.7 Å². The van der Waals surface area contributed by atoms with Crippen LogP contribution < -0.4 is 5.32 Å². The second kappa shape index (κ2) is 7.99. The molecule has 0 spiro atoms. The lowest BCUT2D eigenvalue weighted by Crippen LogP contribution is -2.54. The Morgan fingerprint density at radius 3 is 2.40 bits per heavy atom. The Labute approximate surface area is 118 Å². The highest BCUT2D eigenvalue weighted by atomic mass is 16.5. The van der Waals surface area contributed by atoms with Crippen LogP contribution in [0, 0.1) is 0 Å². The SMILES string of the molecule is CCOC(=O)C1(NCCCC(=O)C(=O)O)CCCCC1. The van der Waals surface area contributed by atoms with Gasteiger partial charge in [0.15, 0.2) is 0 Å². The van der Waals surface area contributed by atoms with Crippen LogP contribution in [0.1, 0.15) is 51.9 Å². The fourth-order valence-electron chi connectivity index (χ4n) is 2.56. The van der Waals surface area contributed by atoms with Gasteiger partial charge in [-0.1, -0.05) is 19.3 Å². The van der Waals surface area contributed by atoms with Crippen LogP contribution >= 0.6 is 0 Å². The minimum absolute atomic E-state index is 0.0127. The number of nitrogens with one attached hydrogen (secondary N) is 1. The Balaban J connectivity index is 2.47. The molecule has 0 aromatic rings. The fraction of sp³-hybridized carbons (Fsp3) is 0.786. The van der Waals surface area contributed by atoms with Gasteiger partial charge in [0, 0.05) is 6.42 Å². The van der Waals surface area contributed by atoms with E-state index < -0.39 is 17.3 Å². The molecule has 0 aliphatic heterocycles. The van der Waals surface area contributed by atoms with E-state index in [1.54, 1.807) is 6.92 Å². The molecule has 2 N–H and O–H groups in total. The zero-order valence-electron chi connectivity index (χ0n) is 11.9. The Morgan fingerprint density at radius 2 is 1.85 bits per heavy atom. The lowest BCUT2D eigenvalue weighted by Gasteiger charge is -2.35. The maximum Gasteiger partial charge on any atom is 0.372 e. The van der Waals surface area contributed by atoms with Gasteiger partial charge >= 0.3 is 11.9 Å². The number of hydrogen-bond donors (Lipinski definition) is 2. The lowest BCUT2D eigenvalue weighted by atomic mass is 9.81. The van der Waals surface area contributed by atoms with Gasteiger partial charge in [0.2, 0.25) is 5.78 Å². The highest BCUT2D eigenvalue weighted by Gasteiger charge is 2.40. The molecule has 1 saturated carbocycles. The summed E-state index contributed by atoms with van der Waals surface area (Å²) in [6, 6.07) is 0. The molecule has 0 unspecified atom stereocenters. The third-order valence-corrected chi connectivity index (χ3v) is 3.66. The standard InChI is InChI=1S/C14H23NO5/c1-2-20-13(19)14(8-4-3-5-9-14)15-10-6-7-11(16)12(17)18/h15H,2-10H2,1H3,(H,17,18). The van der Waals surface area contributed by atoms with E-state index in [4.69, 9.17) is 9.84 Å². The molecule has 114 valence electrons. The van der Waals surface area contributed by atoms with Crippen LogP contribution in [0.15, 0.2) is 0 Å². The first kappa shape index (κ1) is 16.6. The van der Waals surface area contributed by atoms with Crippen molar-refractivity contribution >= 4 is 17.7 Å². The number of ether oxygens (including phenoxy) is 1. The van der Waals surface area contributed by atoms with E-state index in [1.165, 1.54) is 0 Å². The molecule has 6 nitrogen and oxygen atoms in total. The van der Waals surface area contributed by atoms with Crippen molar-refractivity contribution in [3.8, 4) is 0 Å². The second-order valence-corrected chi connectivity index (χ2v) is 5.12. The van der Waals surface area contributed by atoms with Gasteiger partial charge in [0.05, 0.1) is 6.61 Å². The second-order valence-electron chi connectivity index (χ2n) is 5.12. The number of rotatable bonds is 8. The largest absolute Gasteiger partial charge is 0.476 e. The number of Topliss-reactive ketones (excluding diaryl/α,β-unsaturated/α-hetero) is 1. The van der Waals surface area contributed by atoms with E-state index in [0.717, 1.165) is 32.1 Å². The molecule has 0 saturated heterocycles. The summed E-state index contributed by atoms with van der Waals surface area (Å²) in [6.07, 6.45) is 4.92. The van der Waals surface area contributed by atoms with E-state index in [1.807, 2.05) is 0 Å². The maximum atomic E-state index is 12.1. The average Bonchev–Trinajstić information content (AvgIpc) is 2.44. The van der Waals surface area contributed by atoms with Crippen LogP contribution in [-0.4, -0.2) is 41.5 Å². The first-order valence-electron chi connectivity index (χ1n) is 7.20. The van der Waals surface area contributed by atoms with Crippen LogP contribution in [0.2, 0.25) is 0 Å². The first-order valence-corrected chi connectivity index (χ1v) is 7.20. The summed E-state index contributed by atoms with van der Waals surface area (Å²) in [5.74, 6) is -2.42. The summed E-state index contributed by atoms with van der Waals surface area (Å²) in [5, 5.41) is 11.7. The van der Waals surface area contributed by atoms with Crippen molar-refractivity contribution in [2.75, 3.05) is 13.2 Å². The zero-order chi connectivity index (χ0) is 15.0. The number of carboxylic acid groups (broad SMARTS) is 1. The number of carbonyl (C=O) groups is 3. The number of carboxylic acids is 1. The Hall–Kier alpha value is -1.43. The highest BCUT2D eigenvalue weighted by Crippen LogP contribution is 2.29. The van der Waals surface area contributed by atoms with Gasteiger partial charge in [-0.25, -0.2) is 4.79 Å². The Bertz CT molecular complexity index is 361. The molecule has 1 aliphatic carbocycles. The number of carbonyl (C=O) groups excluding carboxylic acids is 2. The fourth-order valence-corrected chi connectivity index (χ4v) is 2.56. The van der Waals surface area contributed by atoms with Gasteiger partial charge in [-0.3, -0.25) is 9.59 Å². The van der Waals surface area contributed by atoms with Gasteiger partial charge in [0.25, 0.3) is 0 Å². The van der Waals surface area contributed by atoms with Crippen LogP contribution in [0.5, 0.6) is 0 Å². The summed E-state index contributed by atoms with van der Waals surface area (Å²) in [5.41, 5.74) is -0.652. The van der Waals surface area contributed by atoms with Crippen LogP contribution in [-0.2, 0) is 19.1 Å². The Morgan fingerprint density at radius 1 is 1.20 bits per heavy atom. The molecule has 6 heteroatoms. The predicted octanol–water partition coefficient (Wildman–Crippen LogP) is 1.28. The molecular weight excluding hydrogens is 262 g/mol. The monoisotopic (exact) mass is 285 g/mol. The highest BCUT2D eigenvalue weighted by molar-refractivity contribution is 6.32.